The molecule has 1 aliphatic rings. The van der Waals surface area contributed by atoms with Crippen LogP contribution in [0.5, 0.6) is 5.75 Å². The summed E-state index contributed by atoms with van der Waals surface area (Å²) in [4.78, 5) is 24.7. The number of ether oxygens (including phenoxy) is 1. The fourth-order valence-electron chi connectivity index (χ4n) is 2.28. The van der Waals surface area contributed by atoms with Gasteiger partial charge in [-0.3, -0.25) is 9.69 Å². The van der Waals surface area contributed by atoms with Crippen molar-refractivity contribution in [3.63, 3.8) is 0 Å². The first-order chi connectivity index (χ1) is 11.1. The van der Waals surface area contributed by atoms with Gasteiger partial charge in [0.25, 0.3) is 5.91 Å². The normalized spacial score (nSPS) is 15.3. The summed E-state index contributed by atoms with van der Waals surface area (Å²) >= 11 is 3.40. The van der Waals surface area contributed by atoms with Gasteiger partial charge in [0.05, 0.1) is 18.2 Å². The molecule has 0 aliphatic carbocycles. The summed E-state index contributed by atoms with van der Waals surface area (Å²) in [5.41, 5.74) is 1.16. The minimum Gasteiger partial charge on any atom is -0.548 e. The van der Waals surface area contributed by atoms with Crippen LogP contribution in [0.15, 0.2) is 58.8 Å². The highest BCUT2D eigenvalue weighted by Crippen LogP contribution is 2.35. The van der Waals surface area contributed by atoms with E-state index in [9.17, 15) is 14.7 Å². The number of carbonyl (C=O) groups excluding carboxylic acids is 2. The van der Waals surface area contributed by atoms with E-state index in [0.29, 0.717) is 11.4 Å². The molecule has 6 heteroatoms. The lowest BCUT2D eigenvalue weighted by atomic mass is 10.1. The Morgan fingerprint density at radius 3 is 2.61 bits per heavy atom. The van der Waals surface area contributed by atoms with Crippen molar-refractivity contribution in [2.24, 2.45) is 0 Å². The number of hydrogen-bond acceptors (Lipinski definition) is 4. The zero-order valence-electron chi connectivity index (χ0n) is 11.9. The molecule has 0 atom stereocenters. The third-order valence-electron chi connectivity index (χ3n) is 3.31. The van der Waals surface area contributed by atoms with Crippen LogP contribution in [0.2, 0.25) is 0 Å². The molecule has 1 amide bonds. The molecular formula is C17H11BrNO4-. The minimum atomic E-state index is -1.34. The van der Waals surface area contributed by atoms with Gasteiger partial charge in [-0.15, -0.1) is 0 Å². The average Bonchev–Trinajstić information content (AvgIpc) is 2.53. The first kappa shape index (κ1) is 15.3. The van der Waals surface area contributed by atoms with Crippen LogP contribution in [0.1, 0.15) is 5.56 Å². The number of carbonyl (C=O) groups is 2. The number of carboxylic acid groups (broad SMARTS) is 1. The van der Waals surface area contributed by atoms with Crippen LogP contribution < -0.4 is 14.7 Å². The molecule has 0 bridgehead atoms. The van der Waals surface area contributed by atoms with Gasteiger partial charge >= 0.3 is 0 Å². The number of fused-ring (bicyclic) bond motifs is 1. The number of carboxylic acids is 1. The van der Waals surface area contributed by atoms with Gasteiger partial charge in [0.15, 0.2) is 11.5 Å². The number of amides is 1. The van der Waals surface area contributed by atoms with Gasteiger partial charge in [-0.2, -0.15) is 0 Å². The molecule has 2 aromatic rings. The predicted molar refractivity (Wildman–Crippen MR) is 86.5 cm³/mol. The van der Waals surface area contributed by atoms with E-state index in [-0.39, 0.29) is 5.76 Å². The van der Waals surface area contributed by atoms with Crippen molar-refractivity contribution in [3.8, 4) is 5.75 Å². The molecule has 0 unspecified atom stereocenters. The SMILES string of the molecule is O=C([O-])CN1C(=O)C(=Cc2ccccc2Br)Oc2ccccc21. The van der Waals surface area contributed by atoms with Crippen LogP contribution in [0.3, 0.4) is 0 Å². The maximum atomic E-state index is 12.6. The van der Waals surface area contributed by atoms with Gasteiger partial charge in [0, 0.05) is 4.47 Å². The largest absolute Gasteiger partial charge is 0.548 e. The Labute approximate surface area is 140 Å². The monoisotopic (exact) mass is 372 g/mol. The molecule has 0 radical (unpaired) electrons. The molecule has 2 aromatic carbocycles. The molecule has 3 rings (SSSR count). The molecule has 1 heterocycles. The third kappa shape index (κ3) is 3.12. The lowest BCUT2D eigenvalue weighted by molar-refractivity contribution is -0.303. The standard InChI is InChI=1S/C17H12BrNO4/c18-12-6-2-1-5-11(12)9-15-17(22)19(10-16(20)21)13-7-3-4-8-14(13)23-15/h1-9H,10H2,(H,20,21)/p-1. The van der Waals surface area contributed by atoms with E-state index in [4.69, 9.17) is 4.74 Å². The van der Waals surface area contributed by atoms with E-state index in [2.05, 4.69) is 15.9 Å². The van der Waals surface area contributed by atoms with E-state index >= 15 is 0 Å². The number of aliphatic carboxylic acids is 1. The second-order valence-corrected chi connectivity index (χ2v) is 5.72. The fourth-order valence-corrected chi connectivity index (χ4v) is 2.68. The lowest BCUT2D eigenvalue weighted by Gasteiger charge is -2.30. The zero-order chi connectivity index (χ0) is 16.4. The Kier molecular flexibility index (Phi) is 4.16. The summed E-state index contributed by atoms with van der Waals surface area (Å²) in [6.07, 6.45) is 1.57. The summed E-state index contributed by atoms with van der Waals surface area (Å²) in [6.45, 7) is -0.535. The number of hydrogen-bond donors (Lipinski definition) is 0. The molecule has 23 heavy (non-hydrogen) atoms. The van der Waals surface area contributed by atoms with Gasteiger partial charge in [0.2, 0.25) is 0 Å². The van der Waals surface area contributed by atoms with Gasteiger partial charge in [0.1, 0.15) is 0 Å². The Hall–Kier alpha value is -2.60. The minimum absolute atomic E-state index is 0.0526. The average molecular weight is 373 g/mol. The van der Waals surface area contributed by atoms with Crippen molar-refractivity contribution in [3.05, 3.63) is 64.3 Å². The van der Waals surface area contributed by atoms with Crippen molar-refractivity contribution in [2.45, 2.75) is 0 Å². The first-order valence-electron chi connectivity index (χ1n) is 6.81. The van der Waals surface area contributed by atoms with Crippen molar-refractivity contribution in [1.29, 1.82) is 0 Å². The second-order valence-electron chi connectivity index (χ2n) is 4.86. The molecule has 0 aromatic heterocycles. The molecule has 1 aliphatic heterocycles. The molecule has 5 nitrogen and oxygen atoms in total. The number of benzene rings is 2. The maximum Gasteiger partial charge on any atom is 0.294 e. The number of anilines is 1. The van der Waals surface area contributed by atoms with Crippen molar-refractivity contribution in [1.82, 2.24) is 0 Å². The van der Waals surface area contributed by atoms with Crippen molar-refractivity contribution in [2.75, 3.05) is 11.4 Å². The molecule has 0 saturated heterocycles. The third-order valence-corrected chi connectivity index (χ3v) is 4.03. The molecule has 0 spiro atoms. The fraction of sp³-hybridized carbons (Fsp3) is 0.0588. The zero-order valence-corrected chi connectivity index (χ0v) is 13.4. The van der Waals surface area contributed by atoms with E-state index in [1.54, 1.807) is 30.3 Å². The highest BCUT2D eigenvalue weighted by Gasteiger charge is 2.30. The lowest BCUT2D eigenvalue weighted by Crippen LogP contribution is -2.44. The number of nitrogens with zero attached hydrogens (tertiary/aromatic N) is 1. The van der Waals surface area contributed by atoms with E-state index in [1.165, 1.54) is 0 Å². The van der Waals surface area contributed by atoms with E-state index in [1.807, 2.05) is 24.3 Å². The Balaban J connectivity index is 2.06. The van der Waals surface area contributed by atoms with E-state index < -0.39 is 18.4 Å². The second kappa shape index (κ2) is 6.26. The topological polar surface area (TPSA) is 69.7 Å². The quantitative estimate of drug-likeness (QED) is 0.772. The summed E-state index contributed by atoms with van der Waals surface area (Å²) in [5.74, 6) is -1.39. The van der Waals surface area contributed by atoms with Gasteiger partial charge in [-0.1, -0.05) is 46.3 Å². The van der Waals surface area contributed by atoms with Crippen molar-refractivity contribution < 1.29 is 19.4 Å². The molecule has 0 saturated carbocycles. The molecule has 0 N–H and O–H groups in total. The highest BCUT2D eigenvalue weighted by molar-refractivity contribution is 9.10. The summed E-state index contributed by atoms with van der Waals surface area (Å²) in [5, 5.41) is 11.0. The van der Waals surface area contributed by atoms with Crippen LogP contribution in [0.25, 0.3) is 6.08 Å². The number of rotatable bonds is 3. The first-order valence-corrected chi connectivity index (χ1v) is 7.60. The van der Waals surface area contributed by atoms with E-state index in [0.717, 1.165) is 14.9 Å². The smallest absolute Gasteiger partial charge is 0.294 e. The van der Waals surface area contributed by atoms with Crippen LogP contribution >= 0.6 is 15.9 Å². The maximum absolute atomic E-state index is 12.6. The van der Waals surface area contributed by atoms with Crippen LogP contribution in [-0.2, 0) is 9.59 Å². The molecule has 0 fully saturated rings. The number of para-hydroxylation sites is 2. The molecule has 116 valence electrons. The highest BCUT2D eigenvalue weighted by atomic mass is 79.9. The van der Waals surface area contributed by atoms with Gasteiger partial charge in [-0.25, -0.2) is 0 Å². The summed E-state index contributed by atoms with van der Waals surface area (Å²) in [6, 6.07) is 14.1. The van der Waals surface area contributed by atoms with Gasteiger partial charge in [-0.05, 0) is 29.8 Å². The Morgan fingerprint density at radius 2 is 1.87 bits per heavy atom. The Bertz CT molecular complexity index is 816. The van der Waals surface area contributed by atoms with Crippen LogP contribution in [-0.4, -0.2) is 18.4 Å². The van der Waals surface area contributed by atoms with Gasteiger partial charge < -0.3 is 14.6 Å². The summed E-state index contributed by atoms with van der Waals surface area (Å²) in [7, 11) is 0. The summed E-state index contributed by atoms with van der Waals surface area (Å²) < 4.78 is 6.45. The predicted octanol–water partition coefficient (Wildman–Crippen LogP) is 1.97. The number of halogens is 1. The van der Waals surface area contributed by atoms with Crippen molar-refractivity contribution >= 4 is 39.6 Å². The Morgan fingerprint density at radius 1 is 1.17 bits per heavy atom. The van der Waals surface area contributed by atoms with Crippen LogP contribution in [0.4, 0.5) is 5.69 Å². The van der Waals surface area contributed by atoms with Crippen LogP contribution in [0, 0.1) is 0 Å². The molecular weight excluding hydrogens is 362 g/mol.